The van der Waals surface area contributed by atoms with Crippen molar-refractivity contribution in [3.63, 3.8) is 0 Å². The van der Waals surface area contributed by atoms with Crippen LogP contribution in [0.2, 0.25) is 0 Å². The molecule has 1 N–H and O–H groups in total. The molecule has 60 valence electrons. The van der Waals surface area contributed by atoms with E-state index in [4.69, 9.17) is 4.74 Å². The van der Waals surface area contributed by atoms with Gasteiger partial charge in [-0.15, -0.1) is 0 Å². The van der Waals surface area contributed by atoms with Gasteiger partial charge in [0.2, 0.25) is 0 Å². The van der Waals surface area contributed by atoms with Crippen molar-refractivity contribution in [2.75, 3.05) is 7.11 Å². The van der Waals surface area contributed by atoms with E-state index < -0.39 is 0 Å². The maximum Gasteiger partial charge on any atom is 0.123 e. The summed E-state index contributed by atoms with van der Waals surface area (Å²) in [7, 11) is 1.61. The second kappa shape index (κ2) is 3.39. The molecule has 2 nitrogen and oxygen atoms in total. The molecule has 0 radical (unpaired) electrons. The number of aryl methyl sites for hydroxylation is 1. The van der Waals surface area contributed by atoms with Gasteiger partial charge in [-0.2, -0.15) is 0 Å². The fourth-order valence-corrected chi connectivity index (χ4v) is 0.992. The zero-order chi connectivity index (χ0) is 8.27. The van der Waals surface area contributed by atoms with E-state index in [1.165, 1.54) is 0 Å². The van der Waals surface area contributed by atoms with Gasteiger partial charge in [-0.1, -0.05) is 18.2 Å². The highest BCUT2D eigenvalue weighted by molar-refractivity contribution is 5.38. The summed E-state index contributed by atoms with van der Waals surface area (Å²) in [6, 6.07) is 5.63. The maximum absolute atomic E-state index is 9.45. The molecule has 2 heteroatoms. The van der Waals surface area contributed by atoms with Gasteiger partial charge in [-0.25, -0.2) is 0 Å². The fraction of sp³-hybridized carbons (Fsp3) is 0.333. The summed E-state index contributed by atoms with van der Waals surface area (Å²) in [6.07, 6.45) is 0. The summed E-state index contributed by atoms with van der Waals surface area (Å²) in [4.78, 5) is 0. The Labute approximate surface area is 66.4 Å². The molecule has 0 aliphatic heterocycles. The van der Waals surface area contributed by atoms with E-state index >= 15 is 0 Å². The lowest BCUT2D eigenvalue weighted by Gasteiger charge is -2.04. The third kappa shape index (κ3) is 1.71. The van der Waals surface area contributed by atoms with Crippen LogP contribution in [0.4, 0.5) is 0 Å². The molecule has 0 heterocycles. The first-order chi connectivity index (χ1) is 5.25. The van der Waals surface area contributed by atoms with Gasteiger partial charge in [-0.3, -0.25) is 0 Å². The van der Waals surface area contributed by atoms with E-state index in [0.717, 1.165) is 11.1 Å². The monoisotopic (exact) mass is 152 g/mol. The molecule has 1 aromatic rings. The van der Waals surface area contributed by atoms with Gasteiger partial charge in [0, 0.05) is 12.7 Å². The van der Waals surface area contributed by atoms with Crippen LogP contribution in [0.15, 0.2) is 18.2 Å². The Kier molecular flexibility index (Phi) is 2.49. The Bertz CT molecular complexity index is 243. The van der Waals surface area contributed by atoms with Gasteiger partial charge < -0.3 is 9.84 Å². The third-order valence-electron chi connectivity index (χ3n) is 1.62. The van der Waals surface area contributed by atoms with Gasteiger partial charge in [0.05, 0.1) is 6.61 Å². The smallest absolute Gasteiger partial charge is 0.123 e. The lowest BCUT2D eigenvalue weighted by molar-refractivity contribution is 0.182. The molecule has 0 fully saturated rings. The predicted octanol–water partition coefficient (Wildman–Crippen LogP) is 1.85. The Morgan fingerprint density at radius 1 is 1.45 bits per heavy atom. The first-order valence-electron chi connectivity index (χ1n) is 3.52. The van der Waals surface area contributed by atoms with E-state index in [1.54, 1.807) is 7.11 Å². The molecule has 0 atom stereocenters. The van der Waals surface area contributed by atoms with E-state index in [2.05, 4.69) is 0 Å². The number of methoxy groups -OCH3 is 1. The topological polar surface area (TPSA) is 29.5 Å². The second-order valence-corrected chi connectivity index (χ2v) is 2.52. The quantitative estimate of drug-likeness (QED) is 0.700. The molecule has 0 bridgehead atoms. The molecular weight excluding hydrogens is 140 g/mol. The van der Waals surface area contributed by atoms with Crippen LogP contribution in [0.25, 0.3) is 0 Å². The van der Waals surface area contributed by atoms with Crippen molar-refractivity contribution in [3.8, 4) is 5.75 Å². The van der Waals surface area contributed by atoms with Crippen LogP contribution in [0.1, 0.15) is 11.1 Å². The maximum atomic E-state index is 9.45. The number of phenols is 1. The van der Waals surface area contributed by atoms with Crippen LogP contribution in [0.3, 0.4) is 0 Å². The number of rotatable bonds is 2. The first kappa shape index (κ1) is 8.08. The summed E-state index contributed by atoms with van der Waals surface area (Å²) in [5, 5.41) is 9.45. The molecule has 0 aliphatic rings. The molecule has 0 saturated heterocycles. The van der Waals surface area contributed by atoms with Gasteiger partial charge >= 0.3 is 0 Å². The summed E-state index contributed by atoms with van der Waals surface area (Å²) >= 11 is 0. The number of benzene rings is 1. The highest BCUT2D eigenvalue weighted by atomic mass is 16.5. The minimum Gasteiger partial charge on any atom is -0.507 e. The number of phenolic OH excluding ortho intramolecular Hbond substituents is 1. The Morgan fingerprint density at radius 3 is 2.82 bits per heavy atom. The second-order valence-electron chi connectivity index (χ2n) is 2.52. The number of aromatic hydroxyl groups is 1. The van der Waals surface area contributed by atoms with E-state index in [-0.39, 0.29) is 0 Å². The number of hydrogen-bond acceptors (Lipinski definition) is 2. The van der Waals surface area contributed by atoms with Crippen molar-refractivity contribution >= 4 is 0 Å². The zero-order valence-corrected chi connectivity index (χ0v) is 6.79. The van der Waals surface area contributed by atoms with Crippen LogP contribution < -0.4 is 0 Å². The first-order valence-corrected chi connectivity index (χ1v) is 3.52. The zero-order valence-electron chi connectivity index (χ0n) is 6.79. The molecule has 0 unspecified atom stereocenters. The number of hydrogen-bond donors (Lipinski definition) is 1. The highest BCUT2D eigenvalue weighted by Gasteiger charge is 2.01. The number of ether oxygens (including phenoxy) is 1. The Morgan fingerprint density at radius 2 is 2.18 bits per heavy atom. The van der Waals surface area contributed by atoms with Gasteiger partial charge in [0.15, 0.2) is 0 Å². The van der Waals surface area contributed by atoms with Crippen molar-refractivity contribution in [1.82, 2.24) is 0 Å². The molecule has 0 aliphatic carbocycles. The molecule has 0 saturated carbocycles. The lowest BCUT2D eigenvalue weighted by Crippen LogP contribution is -1.89. The summed E-state index contributed by atoms with van der Waals surface area (Å²) in [6.45, 7) is 2.34. The molecular formula is C9H12O2. The van der Waals surface area contributed by atoms with E-state index in [1.807, 2.05) is 25.1 Å². The standard InChI is InChI=1S/C9H12O2/c1-7-4-3-5-8(6-11-2)9(7)10/h3-5,10H,6H2,1-2H3. The summed E-state index contributed by atoms with van der Waals surface area (Å²) < 4.78 is 4.90. The van der Waals surface area contributed by atoms with Gasteiger partial charge in [0.1, 0.15) is 5.75 Å². The van der Waals surface area contributed by atoms with Crippen molar-refractivity contribution in [2.24, 2.45) is 0 Å². The molecule has 0 aromatic heterocycles. The van der Waals surface area contributed by atoms with Crippen LogP contribution in [0.5, 0.6) is 5.75 Å². The molecule has 0 spiro atoms. The molecule has 1 rings (SSSR count). The Hall–Kier alpha value is -1.02. The van der Waals surface area contributed by atoms with Crippen molar-refractivity contribution < 1.29 is 9.84 Å². The summed E-state index contributed by atoms with van der Waals surface area (Å²) in [5.74, 6) is 0.342. The molecule has 11 heavy (non-hydrogen) atoms. The van der Waals surface area contributed by atoms with Gasteiger partial charge in [0.25, 0.3) is 0 Å². The van der Waals surface area contributed by atoms with Crippen LogP contribution >= 0.6 is 0 Å². The minimum absolute atomic E-state index is 0.342. The van der Waals surface area contributed by atoms with Crippen LogP contribution in [-0.4, -0.2) is 12.2 Å². The predicted molar refractivity (Wildman–Crippen MR) is 43.6 cm³/mol. The Balaban J connectivity index is 2.96. The van der Waals surface area contributed by atoms with Gasteiger partial charge in [-0.05, 0) is 12.5 Å². The SMILES string of the molecule is COCc1cccc(C)c1O. The third-order valence-corrected chi connectivity index (χ3v) is 1.62. The average Bonchev–Trinajstić information content (AvgIpc) is 1.99. The lowest BCUT2D eigenvalue weighted by atomic mass is 10.1. The molecule has 0 amide bonds. The van der Waals surface area contributed by atoms with Crippen molar-refractivity contribution in [3.05, 3.63) is 29.3 Å². The van der Waals surface area contributed by atoms with Crippen molar-refractivity contribution in [1.29, 1.82) is 0 Å². The van der Waals surface area contributed by atoms with Crippen LogP contribution in [0, 0.1) is 6.92 Å². The normalized spacial score (nSPS) is 10.0. The highest BCUT2D eigenvalue weighted by Crippen LogP contribution is 2.21. The minimum atomic E-state index is 0.342. The fourth-order valence-electron chi connectivity index (χ4n) is 0.992. The molecule has 1 aromatic carbocycles. The van der Waals surface area contributed by atoms with E-state index in [0.29, 0.717) is 12.4 Å². The average molecular weight is 152 g/mol. The number of para-hydroxylation sites is 1. The van der Waals surface area contributed by atoms with Crippen molar-refractivity contribution in [2.45, 2.75) is 13.5 Å². The van der Waals surface area contributed by atoms with Crippen LogP contribution in [-0.2, 0) is 11.3 Å². The largest absolute Gasteiger partial charge is 0.507 e. The van der Waals surface area contributed by atoms with E-state index in [9.17, 15) is 5.11 Å². The summed E-state index contributed by atoms with van der Waals surface area (Å²) in [5.41, 5.74) is 1.73.